The Morgan fingerprint density at radius 1 is 1.05 bits per heavy atom. The fraction of sp³-hybridized carbons (Fsp3) is 0.172. The Hall–Kier alpha value is -4.13. The van der Waals surface area contributed by atoms with Crippen molar-refractivity contribution in [1.29, 1.82) is 0 Å². The molecule has 0 spiro atoms. The van der Waals surface area contributed by atoms with E-state index in [1.54, 1.807) is 36.5 Å². The van der Waals surface area contributed by atoms with E-state index in [9.17, 15) is 26.4 Å². The molecule has 2 heterocycles. The third kappa shape index (κ3) is 6.67. The van der Waals surface area contributed by atoms with Crippen molar-refractivity contribution in [1.82, 2.24) is 10.3 Å². The highest BCUT2D eigenvalue weighted by Gasteiger charge is 2.34. The number of nitrogens with one attached hydrogen (secondary N) is 2. The van der Waals surface area contributed by atoms with Gasteiger partial charge in [-0.05, 0) is 65.2 Å². The van der Waals surface area contributed by atoms with Crippen LogP contribution in [0.1, 0.15) is 27.0 Å². The van der Waals surface area contributed by atoms with Crippen molar-refractivity contribution in [2.24, 2.45) is 5.14 Å². The van der Waals surface area contributed by atoms with Crippen molar-refractivity contribution in [2.45, 2.75) is 24.2 Å². The molecular formula is C29H25ClF3N5O3S. The number of halogens is 4. The summed E-state index contributed by atoms with van der Waals surface area (Å²) in [6.07, 6.45) is -2.88. The predicted octanol–water partition coefficient (Wildman–Crippen LogP) is 5.43. The number of alkyl halides is 3. The number of benzene rings is 3. The molecule has 4 N–H and O–H groups in total. The van der Waals surface area contributed by atoms with Gasteiger partial charge in [0.1, 0.15) is 5.82 Å². The maximum absolute atomic E-state index is 13.7. The standard InChI is InChI=1S/C29H25ClF3N5O3S/c30-23-6-9-25(29(31,32)33)22(13-23)17-38-11-10-35-27-26(38)14-21(16-36-27)19-2-1-3-20(12-19)28(39)37-15-18-4-7-24(8-5-18)42(34,40)41/h1-9,12-14,16H,10-11,15,17H2,(H,35,36)(H,37,39)(H2,34,40,41). The van der Waals surface area contributed by atoms with Crippen molar-refractivity contribution >= 4 is 39.0 Å². The molecule has 1 aromatic heterocycles. The van der Waals surface area contributed by atoms with Gasteiger partial charge in [-0.25, -0.2) is 18.5 Å². The lowest BCUT2D eigenvalue weighted by molar-refractivity contribution is -0.138. The average molecular weight is 616 g/mol. The highest BCUT2D eigenvalue weighted by Crippen LogP contribution is 2.37. The highest BCUT2D eigenvalue weighted by atomic mass is 35.5. The number of primary sulfonamides is 1. The van der Waals surface area contributed by atoms with Gasteiger partial charge >= 0.3 is 6.18 Å². The molecule has 1 aliphatic rings. The smallest absolute Gasteiger partial charge is 0.367 e. The molecule has 1 amide bonds. The predicted molar refractivity (Wildman–Crippen MR) is 155 cm³/mol. The Morgan fingerprint density at radius 2 is 1.81 bits per heavy atom. The molecule has 0 saturated carbocycles. The molecule has 3 aromatic carbocycles. The summed E-state index contributed by atoms with van der Waals surface area (Å²) in [5.74, 6) is 0.199. The van der Waals surface area contributed by atoms with E-state index in [4.69, 9.17) is 16.7 Å². The summed E-state index contributed by atoms with van der Waals surface area (Å²) < 4.78 is 63.9. The summed E-state index contributed by atoms with van der Waals surface area (Å²) in [5.41, 5.74) is 2.39. The lowest BCUT2D eigenvalue weighted by Gasteiger charge is -2.32. The number of amides is 1. The summed E-state index contributed by atoms with van der Waals surface area (Å²) in [7, 11) is -3.81. The van der Waals surface area contributed by atoms with Gasteiger partial charge in [-0.15, -0.1) is 0 Å². The first-order valence-corrected chi connectivity index (χ1v) is 14.7. The second-order valence-electron chi connectivity index (χ2n) is 9.69. The van der Waals surface area contributed by atoms with Gasteiger partial charge in [0, 0.05) is 48.5 Å². The number of pyridine rings is 1. The van der Waals surface area contributed by atoms with Gasteiger partial charge in [0.05, 0.1) is 16.1 Å². The molecular weight excluding hydrogens is 591 g/mol. The monoisotopic (exact) mass is 615 g/mol. The molecule has 0 aliphatic carbocycles. The first kappa shape index (κ1) is 29.4. The summed E-state index contributed by atoms with van der Waals surface area (Å²) in [6, 6.07) is 18.1. The van der Waals surface area contributed by atoms with E-state index >= 15 is 0 Å². The number of hydrogen-bond donors (Lipinski definition) is 3. The Balaban J connectivity index is 1.35. The van der Waals surface area contributed by atoms with Crippen LogP contribution in [0.3, 0.4) is 0 Å². The van der Waals surface area contributed by atoms with E-state index in [1.165, 1.54) is 24.3 Å². The van der Waals surface area contributed by atoms with Gasteiger partial charge < -0.3 is 15.5 Å². The Bertz CT molecular complexity index is 1750. The molecule has 0 radical (unpaired) electrons. The van der Waals surface area contributed by atoms with Gasteiger partial charge in [0.15, 0.2) is 0 Å². The third-order valence-corrected chi connectivity index (χ3v) is 7.94. The number of anilines is 2. The maximum Gasteiger partial charge on any atom is 0.416 e. The normalized spacial score (nSPS) is 13.3. The number of nitrogens with zero attached hydrogens (tertiary/aromatic N) is 2. The van der Waals surface area contributed by atoms with Crippen LogP contribution >= 0.6 is 11.6 Å². The van der Waals surface area contributed by atoms with Crippen molar-refractivity contribution in [2.75, 3.05) is 23.3 Å². The zero-order chi connectivity index (χ0) is 30.1. The van der Waals surface area contributed by atoms with E-state index in [2.05, 4.69) is 15.6 Å². The van der Waals surface area contributed by atoms with Gasteiger partial charge in [-0.2, -0.15) is 13.2 Å². The van der Waals surface area contributed by atoms with Crippen LogP contribution < -0.4 is 20.7 Å². The largest absolute Gasteiger partial charge is 0.416 e. The van der Waals surface area contributed by atoms with Crippen LogP contribution in [0.4, 0.5) is 24.7 Å². The molecule has 218 valence electrons. The van der Waals surface area contributed by atoms with Crippen LogP contribution in [-0.2, 0) is 29.3 Å². The number of sulfonamides is 1. The molecule has 13 heteroatoms. The summed E-state index contributed by atoms with van der Waals surface area (Å²) >= 11 is 6.04. The van der Waals surface area contributed by atoms with Gasteiger partial charge in [-0.1, -0.05) is 35.9 Å². The number of nitrogens with two attached hydrogens (primary N) is 1. The molecule has 4 aromatic rings. The number of carbonyl (C=O) groups excluding carboxylic acids is 1. The van der Waals surface area contributed by atoms with E-state index in [1.807, 2.05) is 17.0 Å². The van der Waals surface area contributed by atoms with E-state index < -0.39 is 21.8 Å². The van der Waals surface area contributed by atoms with Crippen LogP contribution in [0.2, 0.25) is 5.02 Å². The molecule has 0 bridgehead atoms. The Kier molecular flexibility index (Phi) is 8.13. The van der Waals surface area contributed by atoms with Gasteiger partial charge in [-0.3, -0.25) is 4.79 Å². The SMILES string of the molecule is NS(=O)(=O)c1ccc(CNC(=O)c2cccc(-c3cnc4c(c3)N(Cc3cc(Cl)ccc3C(F)(F)F)CCN4)c2)cc1. The maximum atomic E-state index is 13.7. The van der Waals surface area contributed by atoms with Crippen LogP contribution in [0.5, 0.6) is 0 Å². The number of hydrogen-bond acceptors (Lipinski definition) is 6. The summed E-state index contributed by atoms with van der Waals surface area (Å²) in [4.78, 5) is 19.2. The number of fused-ring (bicyclic) bond motifs is 1. The van der Waals surface area contributed by atoms with Crippen LogP contribution in [-0.4, -0.2) is 32.4 Å². The molecule has 5 rings (SSSR count). The van der Waals surface area contributed by atoms with Crippen molar-refractivity contribution in [3.8, 4) is 11.1 Å². The van der Waals surface area contributed by atoms with E-state index in [0.717, 1.165) is 6.07 Å². The first-order chi connectivity index (χ1) is 19.9. The van der Waals surface area contributed by atoms with Crippen molar-refractivity contribution < 1.29 is 26.4 Å². The molecule has 0 fully saturated rings. The van der Waals surface area contributed by atoms with Gasteiger partial charge in [0.25, 0.3) is 5.91 Å². The van der Waals surface area contributed by atoms with Crippen LogP contribution in [0.15, 0.2) is 83.9 Å². The minimum absolute atomic E-state index is 0.0180. The van der Waals surface area contributed by atoms with E-state index in [-0.39, 0.29) is 34.5 Å². The molecule has 0 unspecified atom stereocenters. The zero-order valence-electron chi connectivity index (χ0n) is 22.0. The Labute approximate surface area is 245 Å². The fourth-order valence-electron chi connectivity index (χ4n) is 4.68. The summed E-state index contributed by atoms with van der Waals surface area (Å²) in [6.45, 7) is 1.10. The Morgan fingerprint density at radius 3 is 2.52 bits per heavy atom. The third-order valence-electron chi connectivity index (χ3n) is 6.78. The van der Waals surface area contributed by atoms with Gasteiger partial charge in [0.2, 0.25) is 10.0 Å². The van der Waals surface area contributed by atoms with Crippen LogP contribution in [0.25, 0.3) is 11.1 Å². The second-order valence-corrected chi connectivity index (χ2v) is 11.7. The second kappa shape index (κ2) is 11.6. The van der Waals surface area contributed by atoms with Crippen molar-refractivity contribution in [3.05, 3.63) is 106 Å². The lowest BCUT2D eigenvalue weighted by Crippen LogP contribution is -2.34. The fourth-order valence-corrected chi connectivity index (χ4v) is 5.39. The number of aromatic nitrogens is 1. The molecule has 1 aliphatic heterocycles. The molecule has 42 heavy (non-hydrogen) atoms. The number of rotatable bonds is 7. The minimum atomic E-state index is -4.52. The lowest BCUT2D eigenvalue weighted by atomic mass is 10.0. The average Bonchev–Trinajstić information content (AvgIpc) is 2.95. The van der Waals surface area contributed by atoms with Crippen LogP contribution in [0, 0.1) is 0 Å². The topological polar surface area (TPSA) is 117 Å². The highest BCUT2D eigenvalue weighted by molar-refractivity contribution is 7.89. The first-order valence-electron chi connectivity index (χ1n) is 12.7. The molecule has 0 atom stereocenters. The quantitative estimate of drug-likeness (QED) is 0.255. The molecule has 8 nitrogen and oxygen atoms in total. The number of carbonyl (C=O) groups is 1. The summed E-state index contributed by atoms with van der Waals surface area (Å²) in [5, 5.41) is 11.3. The zero-order valence-corrected chi connectivity index (χ0v) is 23.5. The van der Waals surface area contributed by atoms with Crippen molar-refractivity contribution in [3.63, 3.8) is 0 Å². The molecule has 0 saturated heterocycles. The minimum Gasteiger partial charge on any atom is -0.367 e. The van der Waals surface area contributed by atoms with E-state index in [0.29, 0.717) is 46.8 Å².